The maximum Gasteiger partial charge on any atom is 0.324 e. The molecular weight excluding hydrogens is 270 g/mol. The van der Waals surface area contributed by atoms with Gasteiger partial charge in [-0.3, -0.25) is 5.32 Å². The highest BCUT2D eigenvalue weighted by Gasteiger charge is 2.05. The lowest BCUT2D eigenvalue weighted by atomic mass is 10.3. The lowest BCUT2D eigenvalue weighted by molar-refractivity contribution is 0.262. The Kier molecular flexibility index (Phi) is 4.07. The van der Waals surface area contributed by atoms with E-state index in [1.807, 2.05) is 12.1 Å². The molecule has 0 aliphatic rings. The van der Waals surface area contributed by atoms with E-state index in [1.54, 1.807) is 24.3 Å². The number of carbonyl (C=O) groups excluding carboxylic acids is 1. The molecule has 0 fully saturated rings. The van der Waals surface area contributed by atoms with Crippen LogP contribution in [0.2, 0.25) is 5.02 Å². The molecule has 1 aromatic carbocycles. The van der Waals surface area contributed by atoms with Gasteiger partial charge >= 0.3 is 6.03 Å². The van der Waals surface area contributed by atoms with Gasteiger partial charge in [0, 0.05) is 11.1 Å². The van der Waals surface area contributed by atoms with E-state index in [0.29, 0.717) is 21.4 Å². The van der Waals surface area contributed by atoms with Gasteiger partial charge in [-0.1, -0.05) is 23.7 Å². The van der Waals surface area contributed by atoms with Gasteiger partial charge in [-0.25, -0.2) is 9.78 Å². The molecule has 0 spiro atoms. The predicted octanol–water partition coefficient (Wildman–Crippen LogP) is 3.67. The van der Waals surface area contributed by atoms with Gasteiger partial charge in [0.25, 0.3) is 0 Å². The Morgan fingerprint density at radius 1 is 1.17 bits per heavy atom. The topological polar surface area (TPSA) is 54.0 Å². The van der Waals surface area contributed by atoms with E-state index in [2.05, 4.69) is 28.2 Å². The van der Waals surface area contributed by atoms with Gasteiger partial charge in [0.15, 0.2) is 0 Å². The first kappa shape index (κ1) is 12.7. The molecule has 0 atom stereocenters. The molecule has 2 aromatic rings. The van der Waals surface area contributed by atoms with Crippen molar-refractivity contribution >= 4 is 41.8 Å². The van der Waals surface area contributed by atoms with Crippen molar-refractivity contribution in [2.24, 2.45) is 0 Å². The largest absolute Gasteiger partial charge is 0.324 e. The summed E-state index contributed by atoms with van der Waals surface area (Å²) in [4.78, 5) is 16.3. The molecule has 0 aliphatic heterocycles. The minimum atomic E-state index is -0.383. The number of thiol groups is 1. The molecule has 1 aromatic heterocycles. The van der Waals surface area contributed by atoms with Gasteiger partial charge in [0.05, 0.1) is 10.7 Å². The molecule has 92 valence electrons. The van der Waals surface area contributed by atoms with Crippen molar-refractivity contribution in [1.82, 2.24) is 4.98 Å². The summed E-state index contributed by atoms with van der Waals surface area (Å²) in [5.41, 5.74) is 0.632. The lowest BCUT2D eigenvalue weighted by Crippen LogP contribution is -2.20. The number of benzene rings is 1. The standard InChI is InChI=1S/C12H10ClN3OS/c13-8-5-6-11(14-7-8)16-12(17)15-9-3-1-2-4-10(9)18/h1-7,18H,(H2,14,15,16,17). The molecule has 0 unspecified atom stereocenters. The van der Waals surface area contributed by atoms with Gasteiger partial charge in [-0.15, -0.1) is 12.6 Å². The van der Waals surface area contributed by atoms with Crippen LogP contribution in [0.3, 0.4) is 0 Å². The molecule has 0 saturated carbocycles. The van der Waals surface area contributed by atoms with Crippen LogP contribution in [0.15, 0.2) is 47.5 Å². The van der Waals surface area contributed by atoms with Crippen molar-refractivity contribution in [2.75, 3.05) is 10.6 Å². The number of amides is 2. The Labute approximate surface area is 115 Å². The van der Waals surface area contributed by atoms with Crippen molar-refractivity contribution in [2.45, 2.75) is 4.90 Å². The van der Waals surface area contributed by atoms with Crippen molar-refractivity contribution in [3.63, 3.8) is 0 Å². The predicted molar refractivity (Wildman–Crippen MR) is 75.6 cm³/mol. The zero-order valence-electron chi connectivity index (χ0n) is 9.22. The molecule has 4 nitrogen and oxygen atoms in total. The third-order valence-electron chi connectivity index (χ3n) is 2.12. The van der Waals surface area contributed by atoms with Crippen LogP contribution in [0.25, 0.3) is 0 Å². The van der Waals surface area contributed by atoms with E-state index in [0.717, 1.165) is 0 Å². The summed E-state index contributed by atoms with van der Waals surface area (Å²) in [5.74, 6) is 0.425. The Bertz CT molecular complexity index is 560. The minimum Gasteiger partial charge on any atom is -0.307 e. The normalized spacial score (nSPS) is 9.89. The fraction of sp³-hybridized carbons (Fsp3) is 0. The molecule has 2 rings (SSSR count). The number of pyridine rings is 1. The zero-order chi connectivity index (χ0) is 13.0. The number of carbonyl (C=O) groups is 1. The van der Waals surface area contributed by atoms with E-state index in [4.69, 9.17) is 11.6 Å². The summed E-state index contributed by atoms with van der Waals surface area (Å²) in [6, 6.07) is 10.1. The summed E-state index contributed by atoms with van der Waals surface area (Å²) in [5, 5.41) is 5.78. The SMILES string of the molecule is O=C(Nc1ccc(Cl)cn1)Nc1ccccc1S. The monoisotopic (exact) mass is 279 g/mol. The molecule has 2 amide bonds. The third-order valence-corrected chi connectivity index (χ3v) is 2.73. The number of hydrogen-bond acceptors (Lipinski definition) is 3. The van der Waals surface area contributed by atoms with Gasteiger partial charge in [0.1, 0.15) is 5.82 Å². The third kappa shape index (κ3) is 3.38. The highest BCUT2D eigenvalue weighted by atomic mass is 35.5. The molecule has 2 N–H and O–H groups in total. The van der Waals surface area contributed by atoms with Crippen LogP contribution in [-0.4, -0.2) is 11.0 Å². The van der Waals surface area contributed by atoms with Crippen LogP contribution < -0.4 is 10.6 Å². The minimum absolute atomic E-state index is 0.383. The second-order valence-electron chi connectivity index (χ2n) is 3.46. The zero-order valence-corrected chi connectivity index (χ0v) is 10.9. The summed E-state index contributed by atoms with van der Waals surface area (Å²) in [6.45, 7) is 0. The van der Waals surface area contributed by atoms with E-state index < -0.39 is 0 Å². The van der Waals surface area contributed by atoms with Crippen LogP contribution in [0.5, 0.6) is 0 Å². The fourth-order valence-corrected chi connectivity index (χ4v) is 1.63. The number of halogens is 1. The second kappa shape index (κ2) is 5.75. The molecule has 0 aliphatic carbocycles. The van der Waals surface area contributed by atoms with Crippen LogP contribution in [0.4, 0.5) is 16.3 Å². The first-order valence-corrected chi connectivity index (χ1v) is 5.95. The molecular formula is C12H10ClN3OS. The van der Waals surface area contributed by atoms with Crippen molar-refractivity contribution in [3.05, 3.63) is 47.6 Å². The average Bonchev–Trinajstić information content (AvgIpc) is 2.35. The number of urea groups is 1. The van der Waals surface area contributed by atoms with Gasteiger partial charge in [-0.05, 0) is 24.3 Å². The van der Waals surface area contributed by atoms with E-state index >= 15 is 0 Å². The average molecular weight is 280 g/mol. The quantitative estimate of drug-likeness (QED) is 0.735. The van der Waals surface area contributed by atoms with E-state index in [-0.39, 0.29) is 6.03 Å². The number of anilines is 2. The molecule has 1 heterocycles. The molecule has 0 saturated heterocycles. The molecule has 0 bridgehead atoms. The van der Waals surface area contributed by atoms with Crippen LogP contribution in [0.1, 0.15) is 0 Å². The summed E-state index contributed by atoms with van der Waals surface area (Å²) < 4.78 is 0. The summed E-state index contributed by atoms with van der Waals surface area (Å²) >= 11 is 9.93. The second-order valence-corrected chi connectivity index (χ2v) is 4.38. The number of hydrogen-bond donors (Lipinski definition) is 3. The number of aromatic nitrogens is 1. The Balaban J connectivity index is 2.01. The smallest absolute Gasteiger partial charge is 0.307 e. The van der Waals surface area contributed by atoms with Gasteiger partial charge in [-0.2, -0.15) is 0 Å². The fourth-order valence-electron chi connectivity index (χ4n) is 1.30. The van der Waals surface area contributed by atoms with Crippen LogP contribution in [-0.2, 0) is 0 Å². The highest BCUT2D eigenvalue weighted by molar-refractivity contribution is 7.80. The van der Waals surface area contributed by atoms with Crippen molar-refractivity contribution in [1.29, 1.82) is 0 Å². The summed E-state index contributed by atoms with van der Waals surface area (Å²) in [7, 11) is 0. The maximum absolute atomic E-state index is 11.7. The molecule has 18 heavy (non-hydrogen) atoms. The molecule has 6 heteroatoms. The number of nitrogens with zero attached hydrogens (tertiary/aromatic N) is 1. The first-order valence-electron chi connectivity index (χ1n) is 5.13. The Morgan fingerprint density at radius 2 is 1.94 bits per heavy atom. The first-order chi connectivity index (χ1) is 8.65. The summed E-state index contributed by atoms with van der Waals surface area (Å²) in [6.07, 6.45) is 1.46. The van der Waals surface area contributed by atoms with Crippen LogP contribution in [0, 0.1) is 0 Å². The Morgan fingerprint density at radius 3 is 2.61 bits per heavy atom. The van der Waals surface area contributed by atoms with Crippen molar-refractivity contribution in [3.8, 4) is 0 Å². The molecule has 0 radical (unpaired) electrons. The Hall–Kier alpha value is -1.72. The van der Waals surface area contributed by atoms with Gasteiger partial charge in [0.2, 0.25) is 0 Å². The van der Waals surface area contributed by atoms with Crippen molar-refractivity contribution < 1.29 is 4.79 Å². The van der Waals surface area contributed by atoms with E-state index in [9.17, 15) is 4.79 Å². The van der Waals surface area contributed by atoms with Crippen LogP contribution >= 0.6 is 24.2 Å². The highest BCUT2D eigenvalue weighted by Crippen LogP contribution is 2.18. The number of rotatable bonds is 2. The lowest BCUT2D eigenvalue weighted by Gasteiger charge is -2.08. The maximum atomic E-state index is 11.7. The van der Waals surface area contributed by atoms with E-state index in [1.165, 1.54) is 6.20 Å². The number of para-hydroxylation sites is 1. The number of nitrogens with one attached hydrogen (secondary N) is 2. The van der Waals surface area contributed by atoms with Gasteiger partial charge < -0.3 is 5.32 Å².